The molecule has 0 aliphatic rings. The molecule has 136 valence electrons. The van der Waals surface area contributed by atoms with E-state index in [0.717, 1.165) is 0 Å². The molecule has 0 aliphatic carbocycles. The molecular weight excluding hydrogens is 342 g/mol. The van der Waals surface area contributed by atoms with Gasteiger partial charge in [0.05, 0.1) is 13.7 Å². The Morgan fingerprint density at radius 2 is 1.73 bits per heavy atom. The lowest BCUT2D eigenvalue weighted by molar-refractivity contribution is 0.0728. The molecule has 1 amide bonds. The van der Waals surface area contributed by atoms with E-state index in [1.165, 1.54) is 25.3 Å². The minimum absolute atomic E-state index is 0.0164. The average molecular weight is 359 g/mol. The van der Waals surface area contributed by atoms with Gasteiger partial charge in [-0.05, 0) is 31.2 Å². The smallest absolute Gasteiger partial charge is 0.453 e. The molecule has 0 atom stereocenters. The molecular formula is C18H17NO7. The van der Waals surface area contributed by atoms with Crippen LogP contribution in [0, 0.1) is 0 Å². The quantitative estimate of drug-likeness (QED) is 0.494. The Labute approximate surface area is 149 Å². The van der Waals surface area contributed by atoms with Crippen molar-refractivity contribution >= 4 is 23.9 Å². The molecule has 0 radical (unpaired) electrons. The van der Waals surface area contributed by atoms with Gasteiger partial charge >= 0.3 is 18.2 Å². The first-order valence-corrected chi connectivity index (χ1v) is 7.64. The van der Waals surface area contributed by atoms with E-state index in [-0.39, 0.29) is 23.6 Å². The predicted molar refractivity (Wildman–Crippen MR) is 91.5 cm³/mol. The van der Waals surface area contributed by atoms with Gasteiger partial charge in [0, 0.05) is 11.8 Å². The van der Waals surface area contributed by atoms with E-state index in [0.29, 0.717) is 5.75 Å². The zero-order chi connectivity index (χ0) is 18.9. The van der Waals surface area contributed by atoms with Crippen molar-refractivity contribution in [3.63, 3.8) is 0 Å². The summed E-state index contributed by atoms with van der Waals surface area (Å²) < 4.78 is 19.5. The van der Waals surface area contributed by atoms with Crippen LogP contribution in [0.1, 0.15) is 17.3 Å². The molecule has 0 heterocycles. The number of methoxy groups -OCH3 is 1. The number of carbonyl (C=O) groups excluding carboxylic acids is 3. The molecule has 0 fully saturated rings. The second-order valence-corrected chi connectivity index (χ2v) is 4.82. The fourth-order valence-corrected chi connectivity index (χ4v) is 1.91. The Morgan fingerprint density at radius 3 is 2.38 bits per heavy atom. The van der Waals surface area contributed by atoms with Crippen LogP contribution in [0.5, 0.6) is 11.5 Å². The lowest BCUT2D eigenvalue weighted by Crippen LogP contribution is -2.16. The number of hydrogen-bond acceptors (Lipinski definition) is 7. The van der Waals surface area contributed by atoms with E-state index in [1.54, 1.807) is 37.3 Å². The Hall–Kier alpha value is -3.55. The van der Waals surface area contributed by atoms with Crippen LogP contribution in [0.3, 0.4) is 0 Å². The van der Waals surface area contributed by atoms with Crippen molar-refractivity contribution in [2.75, 3.05) is 19.0 Å². The van der Waals surface area contributed by atoms with Gasteiger partial charge in [-0.1, -0.05) is 18.2 Å². The number of amides is 1. The van der Waals surface area contributed by atoms with Gasteiger partial charge in [-0.15, -0.1) is 0 Å². The third-order valence-corrected chi connectivity index (χ3v) is 3.04. The number of carbonyl (C=O) groups is 3. The molecule has 0 saturated carbocycles. The number of para-hydroxylation sites is 1. The van der Waals surface area contributed by atoms with Gasteiger partial charge in [-0.2, -0.15) is 0 Å². The van der Waals surface area contributed by atoms with Crippen LogP contribution in [0.25, 0.3) is 0 Å². The van der Waals surface area contributed by atoms with Gasteiger partial charge in [0.25, 0.3) is 0 Å². The summed E-state index contributed by atoms with van der Waals surface area (Å²) in [6.45, 7) is 1.71. The molecule has 0 aliphatic heterocycles. The Kier molecular flexibility index (Phi) is 6.55. The predicted octanol–water partition coefficient (Wildman–Crippen LogP) is 3.62. The van der Waals surface area contributed by atoms with Crippen LogP contribution in [-0.2, 0) is 9.47 Å². The maximum Gasteiger partial charge on any atom is 0.513 e. The molecule has 0 aromatic heterocycles. The van der Waals surface area contributed by atoms with E-state index < -0.39 is 18.2 Å². The Bertz CT molecular complexity index is 789. The molecule has 0 bridgehead atoms. The van der Waals surface area contributed by atoms with Crippen molar-refractivity contribution < 1.29 is 33.3 Å². The lowest BCUT2D eigenvalue weighted by atomic mass is 10.2. The molecule has 8 heteroatoms. The molecule has 26 heavy (non-hydrogen) atoms. The minimum Gasteiger partial charge on any atom is -0.453 e. The summed E-state index contributed by atoms with van der Waals surface area (Å²) in [4.78, 5) is 35.3. The normalized spacial score (nSPS) is 9.77. The van der Waals surface area contributed by atoms with Crippen molar-refractivity contribution in [3.8, 4) is 11.5 Å². The molecule has 2 aromatic rings. The highest BCUT2D eigenvalue weighted by Gasteiger charge is 2.19. The minimum atomic E-state index is -0.989. The number of ether oxygens (including phenoxy) is 4. The second kappa shape index (κ2) is 9.07. The number of hydrogen-bond donors (Lipinski definition) is 1. The SMILES string of the molecule is CCOC(=O)Oc1cc(NC(=O)OC)ccc1C(=O)Oc1ccccc1. The number of nitrogens with one attached hydrogen (secondary N) is 1. The number of benzene rings is 2. The molecule has 8 nitrogen and oxygen atoms in total. The number of rotatable bonds is 5. The summed E-state index contributed by atoms with van der Waals surface area (Å²) in [5, 5.41) is 2.41. The lowest BCUT2D eigenvalue weighted by Gasteiger charge is -2.12. The summed E-state index contributed by atoms with van der Waals surface area (Å²) >= 11 is 0. The molecule has 2 rings (SSSR count). The third kappa shape index (κ3) is 5.23. The fourth-order valence-electron chi connectivity index (χ4n) is 1.91. The van der Waals surface area contributed by atoms with Crippen LogP contribution in [0.4, 0.5) is 15.3 Å². The van der Waals surface area contributed by atoms with Crippen LogP contribution < -0.4 is 14.8 Å². The number of anilines is 1. The maximum absolute atomic E-state index is 12.4. The monoisotopic (exact) mass is 359 g/mol. The summed E-state index contributed by atoms with van der Waals surface area (Å²) in [6.07, 6.45) is -1.71. The molecule has 1 N–H and O–H groups in total. The molecule has 0 spiro atoms. The zero-order valence-corrected chi connectivity index (χ0v) is 14.2. The van der Waals surface area contributed by atoms with Crippen molar-refractivity contribution in [1.29, 1.82) is 0 Å². The molecule has 0 saturated heterocycles. The van der Waals surface area contributed by atoms with Crippen LogP contribution in [0.15, 0.2) is 48.5 Å². The molecule has 2 aromatic carbocycles. The number of esters is 1. The summed E-state index contributed by atoms with van der Waals surface area (Å²) in [5.74, 6) is -0.533. The largest absolute Gasteiger partial charge is 0.513 e. The fraction of sp³-hybridized carbons (Fsp3) is 0.167. The van der Waals surface area contributed by atoms with Gasteiger partial charge in [0.15, 0.2) is 5.75 Å². The Morgan fingerprint density at radius 1 is 1.00 bits per heavy atom. The van der Waals surface area contributed by atoms with Crippen molar-refractivity contribution in [2.24, 2.45) is 0 Å². The van der Waals surface area contributed by atoms with Crippen molar-refractivity contribution in [1.82, 2.24) is 0 Å². The molecule has 0 unspecified atom stereocenters. The highest BCUT2D eigenvalue weighted by atomic mass is 16.7. The highest BCUT2D eigenvalue weighted by molar-refractivity contribution is 5.96. The van der Waals surface area contributed by atoms with Gasteiger partial charge < -0.3 is 18.9 Å². The van der Waals surface area contributed by atoms with Crippen molar-refractivity contribution in [3.05, 3.63) is 54.1 Å². The first-order valence-electron chi connectivity index (χ1n) is 7.64. The van der Waals surface area contributed by atoms with E-state index in [2.05, 4.69) is 10.1 Å². The van der Waals surface area contributed by atoms with E-state index in [4.69, 9.17) is 14.2 Å². The van der Waals surface area contributed by atoms with Gasteiger partial charge in [-0.25, -0.2) is 14.4 Å². The summed E-state index contributed by atoms with van der Waals surface area (Å²) in [7, 11) is 1.21. The van der Waals surface area contributed by atoms with Gasteiger partial charge in [0.2, 0.25) is 0 Å². The first-order chi connectivity index (χ1) is 12.5. The van der Waals surface area contributed by atoms with E-state index in [9.17, 15) is 14.4 Å². The van der Waals surface area contributed by atoms with Gasteiger partial charge in [-0.3, -0.25) is 5.32 Å². The second-order valence-electron chi connectivity index (χ2n) is 4.82. The third-order valence-electron chi connectivity index (χ3n) is 3.04. The van der Waals surface area contributed by atoms with Crippen LogP contribution in [-0.4, -0.2) is 31.9 Å². The van der Waals surface area contributed by atoms with Crippen molar-refractivity contribution in [2.45, 2.75) is 6.92 Å². The Balaban J connectivity index is 2.28. The average Bonchev–Trinajstić information content (AvgIpc) is 2.62. The topological polar surface area (TPSA) is 100 Å². The van der Waals surface area contributed by atoms with Gasteiger partial charge in [0.1, 0.15) is 11.3 Å². The maximum atomic E-state index is 12.4. The van der Waals surface area contributed by atoms with Crippen LogP contribution >= 0.6 is 0 Å². The standard InChI is InChI=1S/C18H17NO7/c1-3-24-18(22)26-15-11-12(19-17(21)23-2)9-10-14(15)16(20)25-13-7-5-4-6-8-13/h4-11H,3H2,1-2H3,(H,19,21). The summed E-state index contributed by atoms with van der Waals surface area (Å²) in [6, 6.07) is 12.5. The van der Waals surface area contributed by atoms with Crippen LogP contribution in [0.2, 0.25) is 0 Å². The summed E-state index contributed by atoms with van der Waals surface area (Å²) in [5.41, 5.74) is 0.240. The first kappa shape index (κ1) is 18.8. The zero-order valence-electron chi connectivity index (χ0n) is 14.2. The van der Waals surface area contributed by atoms with E-state index in [1.807, 2.05) is 0 Å². The van der Waals surface area contributed by atoms with E-state index >= 15 is 0 Å². The highest BCUT2D eigenvalue weighted by Crippen LogP contribution is 2.26.